The Hall–Kier alpha value is -2.70. The molecule has 0 aromatic carbocycles. The van der Waals surface area contributed by atoms with Crippen LogP contribution in [0.4, 0.5) is 0 Å². The van der Waals surface area contributed by atoms with Crippen LogP contribution in [0.2, 0.25) is 0 Å². The highest BCUT2D eigenvalue weighted by molar-refractivity contribution is 5.98. The molecule has 0 saturated heterocycles. The number of aryl methyl sites for hydroxylation is 1. The van der Waals surface area contributed by atoms with E-state index in [-0.39, 0.29) is 5.56 Å². The third kappa shape index (κ3) is 1.68. The van der Waals surface area contributed by atoms with Gasteiger partial charge in [-0.3, -0.25) is 4.79 Å². The van der Waals surface area contributed by atoms with Crippen molar-refractivity contribution in [3.63, 3.8) is 0 Å². The average Bonchev–Trinajstić information content (AvgIpc) is 3.29. The maximum Gasteiger partial charge on any atom is 0.343 e. The Kier molecular flexibility index (Phi) is 2.60. The first-order chi connectivity index (χ1) is 10.6. The zero-order valence-corrected chi connectivity index (χ0v) is 12.2. The largest absolute Gasteiger partial charge is 0.465 e. The molecule has 0 spiro atoms. The highest BCUT2D eigenvalue weighted by atomic mass is 16.5. The fraction of sp³-hybridized carbons (Fsp3) is 0.333. The smallest absolute Gasteiger partial charge is 0.343 e. The van der Waals surface area contributed by atoms with Gasteiger partial charge in [-0.25, -0.2) is 14.3 Å². The van der Waals surface area contributed by atoms with E-state index in [0.29, 0.717) is 33.8 Å². The molecule has 3 aromatic rings. The maximum atomic E-state index is 12.5. The van der Waals surface area contributed by atoms with Crippen LogP contribution in [-0.4, -0.2) is 32.2 Å². The second-order valence-electron chi connectivity index (χ2n) is 5.50. The zero-order valence-electron chi connectivity index (χ0n) is 12.2. The first-order valence-electron chi connectivity index (χ1n) is 7.09. The summed E-state index contributed by atoms with van der Waals surface area (Å²) in [5.41, 5.74) is 1.83. The molecular formula is C15H14N4O3. The molecule has 112 valence electrons. The molecule has 0 unspecified atom stereocenters. The van der Waals surface area contributed by atoms with E-state index in [1.54, 1.807) is 17.7 Å². The molecule has 0 amide bonds. The minimum absolute atomic E-state index is 0.0674. The molecule has 0 radical (unpaired) electrons. The van der Waals surface area contributed by atoms with Gasteiger partial charge in [0.05, 0.1) is 23.7 Å². The van der Waals surface area contributed by atoms with Gasteiger partial charge in [-0.1, -0.05) is 0 Å². The van der Waals surface area contributed by atoms with Gasteiger partial charge in [0, 0.05) is 18.4 Å². The number of hydrogen-bond acceptors (Lipinski definition) is 5. The molecular weight excluding hydrogens is 284 g/mol. The molecule has 7 heteroatoms. The van der Waals surface area contributed by atoms with Crippen molar-refractivity contribution in [3.05, 3.63) is 40.1 Å². The van der Waals surface area contributed by atoms with Crippen molar-refractivity contribution in [1.82, 2.24) is 19.2 Å². The second kappa shape index (κ2) is 4.40. The lowest BCUT2D eigenvalue weighted by Gasteiger charge is -2.06. The van der Waals surface area contributed by atoms with E-state index in [2.05, 4.69) is 10.1 Å². The zero-order chi connectivity index (χ0) is 15.4. The molecule has 0 aliphatic heterocycles. The first kappa shape index (κ1) is 13.0. The van der Waals surface area contributed by atoms with Crippen LogP contribution in [0.25, 0.3) is 16.6 Å². The normalized spacial score (nSPS) is 14.6. The Morgan fingerprint density at radius 3 is 2.86 bits per heavy atom. The van der Waals surface area contributed by atoms with Gasteiger partial charge in [-0.05, 0) is 25.8 Å². The van der Waals surface area contributed by atoms with Crippen LogP contribution in [0.1, 0.15) is 34.9 Å². The lowest BCUT2D eigenvalue weighted by Crippen LogP contribution is -2.19. The highest BCUT2D eigenvalue weighted by Crippen LogP contribution is 2.33. The number of fused-ring (bicyclic) bond motifs is 3. The van der Waals surface area contributed by atoms with Gasteiger partial charge in [-0.2, -0.15) is 5.10 Å². The standard InChI is InChI=1S/C15H14N4O3/c1-8-12(15(21)22-2)13-16-7-10-11(19(13)17-8)5-6-18(14(10)20)9-3-4-9/h5-7,9H,3-4H2,1-2H3. The molecule has 1 aliphatic rings. The summed E-state index contributed by atoms with van der Waals surface area (Å²) in [5.74, 6) is -0.481. The van der Waals surface area contributed by atoms with E-state index in [1.807, 2.05) is 6.07 Å². The second-order valence-corrected chi connectivity index (χ2v) is 5.50. The molecule has 0 N–H and O–H groups in total. The summed E-state index contributed by atoms with van der Waals surface area (Å²) >= 11 is 0. The summed E-state index contributed by atoms with van der Waals surface area (Å²) in [6, 6.07) is 2.15. The summed E-state index contributed by atoms with van der Waals surface area (Å²) in [7, 11) is 1.32. The first-order valence-corrected chi connectivity index (χ1v) is 7.09. The average molecular weight is 298 g/mol. The van der Waals surface area contributed by atoms with Crippen LogP contribution >= 0.6 is 0 Å². The maximum absolute atomic E-state index is 12.5. The minimum Gasteiger partial charge on any atom is -0.465 e. The van der Waals surface area contributed by atoms with E-state index in [4.69, 9.17) is 4.74 Å². The number of methoxy groups -OCH3 is 1. The monoisotopic (exact) mass is 298 g/mol. The van der Waals surface area contributed by atoms with E-state index >= 15 is 0 Å². The Morgan fingerprint density at radius 1 is 1.41 bits per heavy atom. The van der Waals surface area contributed by atoms with Crippen molar-refractivity contribution < 1.29 is 9.53 Å². The molecule has 0 atom stereocenters. The van der Waals surface area contributed by atoms with Crippen LogP contribution in [0.15, 0.2) is 23.3 Å². The number of esters is 1. The predicted octanol–water partition coefficient (Wildman–Crippen LogP) is 1.47. The number of pyridine rings is 1. The topological polar surface area (TPSA) is 78.5 Å². The van der Waals surface area contributed by atoms with Crippen molar-refractivity contribution >= 4 is 22.5 Å². The van der Waals surface area contributed by atoms with Crippen molar-refractivity contribution in [3.8, 4) is 0 Å². The summed E-state index contributed by atoms with van der Waals surface area (Å²) in [4.78, 5) is 28.7. The minimum atomic E-state index is -0.481. The van der Waals surface area contributed by atoms with Crippen LogP contribution in [0.3, 0.4) is 0 Å². The number of ether oxygens (including phenoxy) is 1. The number of rotatable bonds is 2. The number of carbonyl (C=O) groups excluding carboxylic acids is 1. The summed E-state index contributed by atoms with van der Waals surface area (Å²) in [6.45, 7) is 1.72. The fourth-order valence-electron chi connectivity index (χ4n) is 2.77. The SMILES string of the molecule is COC(=O)c1c(C)nn2c1ncc1c(=O)n(C3CC3)ccc12. The van der Waals surface area contributed by atoms with E-state index in [1.165, 1.54) is 17.8 Å². The molecule has 4 rings (SSSR count). The molecule has 7 nitrogen and oxygen atoms in total. The van der Waals surface area contributed by atoms with Gasteiger partial charge in [0.2, 0.25) is 0 Å². The molecule has 3 aromatic heterocycles. The van der Waals surface area contributed by atoms with Crippen molar-refractivity contribution in [2.45, 2.75) is 25.8 Å². The molecule has 0 bridgehead atoms. The summed E-state index contributed by atoms with van der Waals surface area (Å²) < 4.78 is 8.06. The van der Waals surface area contributed by atoms with Crippen LogP contribution < -0.4 is 5.56 Å². The fourth-order valence-corrected chi connectivity index (χ4v) is 2.77. The number of aromatic nitrogens is 4. The Labute approximate surface area is 125 Å². The van der Waals surface area contributed by atoms with Gasteiger partial charge in [0.1, 0.15) is 5.56 Å². The van der Waals surface area contributed by atoms with Gasteiger partial charge < -0.3 is 9.30 Å². The molecule has 1 fully saturated rings. The quantitative estimate of drug-likeness (QED) is 0.669. The van der Waals surface area contributed by atoms with Crippen molar-refractivity contribution in [1.29, 1.82) is 0 Å². The molecule has 3 heterocycles. The van der Waals surface area contributed by atoms with Crippen LogP contribution in [0.5, 0.6) is 0 Å². The van der Waals surface area contributed by atoms with E-state index in [9.17, 15) is 9.59 Å². The van der Waals surface area contributed by atoms with Crippen LogP contribution in [-0.2, 0) is 4.74 Å². The van der Waals surface area contributed by atoms with Gasteiger partial charge in [0.25, 0.3) is 5.56 Å². The van der Waals surface area contributed by atoms with Gasteiger partial charge in [0.15, 0.2) is 5.65 Å². The van der Waals surface area contributed by atoms with Gasteiger partial charge >= 0.3 is 5.97 Å². The van der Waals surface area contributed by atoms with Gasteiger partial charge in [-0.15, -0.1) is 0 Å². The van der Waals surface area contributed by atoms with E-state index < -0.39 is 5.97 Å². The number of carbonyl (C=O) groups is 1. The predicted molar refractivity (Wildman–Crippen MR) is 79.1 cm³/mol. The lowest BCUT2D eigenvalue weighted by atomic mass is 10.2. The van der Waals surface area contributed by atoms with Crippen molar-refractivity contribution in [2.75, 3.05) is 7.11 Å². The van der Waals surface area contributed by atoms with Crippen LogP contribution in [0, 0.1) is 6.92 Å². The molecule has 22 heavy (non-hydrogen) atoms. The number of hydrogen-bond donors (Lipinski definition) is 0. The Balaban J connectivity index is 2.06. The Morgan fingerprint density at radius 2 is 2.18 bits per heavy atom. The highest BCUT2D eigenvalue weighted by Gasteiger charge is 2.26. The third-order valence-corrected chi connectivity index (χ3v) is 4.04. The lowest BCUT2D eigenvalue weighted by molar-refractivity contribution is 0.0602. The molecule has 1 saturated carbocycles. The van der Waals surface area contributed by atoms with Crippen molar-refractivity contribution in [2.24, 2.45) is 0 Å². The van der Waals surface area contributed by atoms with E-state index in [0.717, 1.165) is 12.8 Å². The third-order valence-electron chi connectivity index (χ3n) is 4.04. The molecule has 1 aliphatic carbocycles. The summed E-state index contributed by atoms with van der Waals surface area (Å²) in [5, 5.41) is 4.85. The Bertz CT molecular complexity index is 982. The summed E-state index contributed by atoms with van der Waals surface area (Å²) in [6.07, 6.45) is 5.37. The number of nitrogens with zero attached hydrogens (tertiary/aromatic N) is 4.